The lowest BCUT2D eigenvalue weighted by atomic mass is 10.1. The van der Waals surface area contributed by atoms with Gasteiger partial charge in [0.25, 0.3) is 15.9 Å². The summed E-state index contributed by atoms with van der Waals surface area (Å²) in [5, 5.41) is 2.58. The summed E-state index contributed by atoms with van der Waals surface area (Å²) in [6.45, 7) is 1.69. The van der Waals surface area contributed by atoms with Crippen molar-refractivity contribution in [3.05, 3.63) is 89.0 Å². The predicted molar refractivity (Wildman–Crippen MR) is 126 cm³/mol. The number of rotatable bonds is 7. The molecule has 10 heteroatoms. The Labute approximate surface area is 196 Å². The lowest BCUT2D eigenvalue weighted by Gasteiger charge is -2.14. The topological polar surface area (TPSA) is 128 Å². The summed E-state index contributed by atoms with van der Waals surface area (Å²) in [6, 6.07) is 16.3. The Morgan fingerprint density at radius 1 is 0.765 bits per heavy atom. The van der Waals surface area contributed by atoms with Crippen LogP contribution in [0.15, 0.2) is 71.6 Å². The van der Waals surface area contributed by atoms with Gasteiger partial charge in [-0.3, -0.25) is 9.52 Å². The van der Waals surface area contributed by atoms with Gasteiger partial charge in [0.1, 0.15) is 0 Å². The summed E-state index contributed by atoms with van der Waals surface area (Å²) >= 11 is 0. The van der Waals surface area contributed by atoms with Crippen molar-refractivity contribution in [3.8, 4) is 0 Å². The van der Waals surface area contributed by atoms with Crippen LogP contribution in [0.5, 0.6) is 0 Å². The summed E-state index contributed by atoms with van der Waals surface area (Å²) in [5.41, 5.74) is 1.11. The largest absolute Gasteiger partial charge is 0.465 e. The van der Waals surface area contributed by atoms with E-state index in [-0.39, 0.29) is 33.0 Å². The Morgan fingerprint density at radius 3 is 2.03 bits per heavy atom. The first-order valence-electron chi connectivity index (χ1n) is 9.97. The molecule has 176 valence electrons. The molecule has 0 aliphatic carbocycles. The van der Waals surface area contributed by atoms with Crippen LogP contribution in [0.3, 0.4) is 0 Å². The first kappa shape index (κ1) is 24.5. The van der Waals surface area contributed by atoms with Crippen LogP contribution in [0.25, 0.3) is 0 Å². The minimum absolute atomic E-state index is 0.0284. The third-order valence-corrected chi connectivity index (χ3v) is 6.27. The van der Waals surface area contributed by atoms with E-state index >= 15 is 0 Å². The second-order valence-electron chi connectivity index (χ2n) is 7.15. The van der Waals surface area contributed by atoms with E-state index in [1.165, 1.54) is 56.7 Å². The van der Waals surface area contributed by atoms with Crippen LogP contribution < -0.4 is 10.0 Å². The first-order chi connectivity index (χ1) is 16.2. The maximum atomic E-state index is 13.0. The molecule has 1 amide bonds. The molecule has 0 heterocycles. The minimum Gasteiger partial charge on any atom is -0.465 e. The van der Waals surface area contributed by atoms with Crippen molar-refractivity contribution in [2.45, 2.75) is 11.8 Å². The third-order valence-electron chi connectivity index (χ3n) is 4.89. The molecule has 0 spiro atoms. The average Bonchev–Trinajstić information content (AvgIpc) is 2.84. The number of sulfonamides is 1. The third kappa shape index (κ3) is 5.41. The van der Waals surface area contributed by atoms with Crippen LogP contribution >= 0.6 is 0 Å². The maximum absolute atomic E-state index is 13.0. The number of anilines is 2. The predicted octanol–water partition coefficient (Wildman–Crippen LogP) is 3.62. The van der Waals surface area contributed by atoms with Gasteiger partial charge in [-0.25, -0.2) is 18.0 Å². The molecule has 34 heavy (non-hydrogen) atoms. The number of methoxy groups -OCH3 is 2. The molecule has 3 aromatic rings. The Morgan fingerprint density at radius 2 is 1.38 bits per heavy atom. The standard InChI is InChI=1S/C24H22N2O7S/c1-15-9-10-16(13-20(15)26-34(30,31)18-7-5-4-6-8-18)22(27)25-21-14-17(23(28)32-2)11-12-19(21)24(29)33-3/h4-14,26H,1-3H3,(H,25,27). The summed E-state index contributed by atoms with van der Waals surface area (Å²) in [6.07, 6.45) is 0. The highest BCUT2D eigenvalue weighted by molar-refractivity contribution is 7.92. The average molecular weight is 483 g/mol. The quantitative estimate of drug-likeness (QED) is 0.492. The van der Waals surface area contributed by atoms with Gasteiger partial charge in [-0.2, -0.15) is 0 Å². The lowest BCUT2D eigenvalue weighted by molar-refractivity contribution is 0.0587. The van der Waals surface area contributed by atoms with E-state index in [9.17, 15) is 22.8 Å². The van der Waals surface area contributed by atoms with Crippen molar-refractivity contribution < 1.29 is 32.3 Å². The summed E-state index contributed by atoms with van der Waals surface area (Å²) in [7, 11) is -1.48. The lowest BCUT2D eigenvalue weighted by Crippen LogP contribution is -2.18. The molecule has 0 aliphatic rings. The number of carbonyl (C=O) groups excluding carboxylic acids is 3. The maximum Gasteiger partial charge on any atom is 0.339 e. The Kier molecular flexibility index (Phi) is 7.32. The van der Waals surface area contributed by atoms with Crippen LogP contribution in [0, 0.1) is 6.92 Å². The number of ether oxygens (including phenoxy) is 2. The van der Waals surface area contributed by atoms with Crippen LogP contribution in [0.4, 0.5) is 11.4 Å². The Hall–Kier alpha value is -4.18. The molecule has 0 aromatic heterocycles. The van der Waals surface area contributed by atoms with Crippen LogP contribution in [0.1, 0.15) is 36.6 Å². The highest BCUT2D eigenvalue weighted by Crippen LogP contribution is 2.24. The van der Waals surface area contributed by atoms with Gasteiger partial charge in [0.2, 0.25) is 0 Å². The number of aryl methyl sites for hydroxylation is 1. The van der Waals surface area contributed by atoms with Crippen molar-refractivity contribution in [1.29, 1.82) is 0 Å². The van der Waals surface area contributed by atoms with Crippen molar-refractivity contribution >= 4 is 39.2 Å². The van der Waals surface area contributed by atoms with Gasteiger partial charge in [-0.15, -0.1) is 0 Å². The molecule has 0 aliphatic heterocycles. The fraction of sp³-hybridized carbons (Fsp3) is 0.125. The molecule has 0 saturated heterocycles. The normalized spacial score (nSPS) is 10.8. The zero-order valence-corrected chi connectivity index (χ0v) is 19.4. The summed E-state index contributed by atoms with van der Waals surface area (Å²) in [5.74, 6) is -2.00. The fourth-order valence-electron chi connectivity index (χ4n) is 3.05. The van der Waals surface area contributed by atoms with Crippen LogP contribution in [-0.4, -0.2) is 40.5 Å². The molecule has 2 N–H and O–H groups in total. The second-order valence-corrected chi connectivity index (χ2v) is 8.83. The number of esters is 2. The summed E-state index contributed by atoms with van der Waals surface area (Å²) in [4.78, 5) is 37.1. The highest BCUT2D eigenvalue weighted by atomic mass is 32.2. The number of benzene rings is 3. The molecule has 0 unspecified atom stereocenters. The minimum atomic E-state index is -3.87. The van der Waals surface area contributed by atoms with Crippen molar-refractivity contribution in [2.75, 3.05) is 24.3 Å². The van der Waals surface area contributed by atoms with Gasteiger partial charge in [0.15, 0.2) is 0 Å². The van der Waals surface area contributed by atoms with Crippen molar-refractivity contribution in [3.63, 3.8) is 0 Å². The van der Waals surface area contributed by atoms with Crippen LogP contribution in [-0.2, 0) is 19.5 Å². The molecule has 0 fully saturated rings. The highest BCUT2D eigenvalue weighted by Gasteiger charge is 2.20. The van der Waals surface area contributed by atoms with Crippen molar-refractivity contribution in [2.24, 2.45) is 0 Å². The van der Waals surface area contributed by atoms with Gasteiger partial charge in [0, 0.05) is 5.56 Å². The van der Waals surface area contributed by atoms with E-state index < -0.39 is 27.9 Å². The molecular formula is C24H22N2O7S. The molecule has 0 saturated carbocycles. The number of nitrogens with one attached hydrogen (secondary N) is 2. The molecule has 0 radical (unpaired) electrons. The number of hydrogen-bond donors (Lipinski definition) is 2. The van der Waals surface area contributed by atoms with E-state index in [1.807, 2.05) is 0 Å². The SMILES string of the molecule is COC(=O)c1ccc(C(=O)OC)c(NC(=O)c2ccc(C)c(NS(=O)(=O)c3ccccc3)c2)c1. The van der Waals surface area contributed by atoms with Crippen LogP contribution in [0.2, 0.25) is 0 Å². The van der Waals surface area contributed by atoms with E-state index in [0.717, 1.165) is 0 Å². The second kappa shape index (κ2) is 10.2. The smallest absolute Gasteiger partial charge is 0.339 e. The zero-order valence-electron chi connectivity index (χ0n) is 18.6. The Balaban J connectivity index is 1.93. The van der Waals surface area contributed by atoms with Gasteiger partial charge >= 0.3 is 11.9 Å². The zero-order chi connectivity index (χ0) is 24.9. The monoisotopic (exact) mass is 482 g/mol. The van der Waals surface area contributed by atoms with Gasteiger partial charge in [-0.05, 0) is 55.0 Å². The molecule has 0 atom stereocenters. The Bertz CT molecular complexity index is 1350. The molecule has 9 nitrogen and oxygen atoms in total. The molecule has 0 bridgehead atoms. The van der Waals surface area contributed by atoms with Gasteiger partial charge < -0.3 is 14.8 Å². The van der Waals surface area contributed by atoms with Crippen molar-refractivity contribution in [1.82, 2.24) is 0 Å². The number of amides is 1. The number of carbonyl (C=O) groups is 3. The van der Waals surface area contributed by atoms with E-state index in [4.69, 9.17) is 4.74 Å². The van der Waals surface area contributed by atoms with Gasteiger partial charge in [0.05, 0.1) is 41.6 Å². The first-order valence-corrected chi connectivity index (χ1v) is 11.4. The summed E-state index contributed by atoms with van der Waals surface area (Å²) < 4.78 is 37.3. The fourth-order valence-corrected chi connectivity index (χ4v) is 4.19. The van der Waals surface area contributed by atoms with E-state index in [2.05, 4.69) is 14.8 Å². The van der Waals surface area contributed by atoms with E-state index in [1.54, 1.807) is 31.2 Å². The van der Waals surface area contributed by atoms with E-state index in [0.29, 0.717) is 5.56 Å². The molecular weight excluding hydrogens is 460 g/mol. The molecule has 3 rings (SSSR count). The molecule has 3 aromatic carbocycles. The van der Waals surface area contributed by atoms with Gasteiger partial charge in [-0.1, -0.05) is 24.3 Å². The number of hydrogen-bond acceptors (Lipinski definition) is 7.